The second-order valence-corrected chi connectivity index (χ2v) is 5.39. The molecule has 0 aliphatic carbocycles. The van der Waals surface area contributed by atoms with Crippen LogP contribution in [0.2, 0.25) is 0 Å². The average Bonchev–Trinajstić information content (AvgIpc) is 2.54. The van der Waals surface area contributed by atoms with Crippen LogP contribution in [0.3, 0.4) is 0 Å². The monoisotopic (exact) mass is 334 g/mol. The molecule has 0 fully saturated rings. The van der Waals surface area contributed by atoms with Gasteiger partial charge < -0.3 is 15.3 Å². The third kappa shape index (κ3) is 5.62. The lowest BCUT2D eigenvalue weighted by Crippen LogP contribution is -2.41. The van der Waals surface area contributed by atoms with Crippen molar-refractivity contribution in [1.29, 1.82) is 0 Å². The maximum Gasteiger partial charge on any atom is 0.317 e. The number of halogens is 2. The van der Waals surface area contributed by atoms with Gasteiger partial charge in [-0.05, 0) is 29.7 Å². The van der Waals surface area contributed by atoms with Crippen LogP contribution in [0.1, 0.15) is 11.1 Å². The smallest absolute Gasteiger partial charge is 0.317 e. The molecule has 0 radical (unpaired) electrons. The average molecular weight is 334 g/mol. The van der Waals surface area contributed by atoms with Gasteiger partial charge in [0.25, 0.3) is 0 Å². The van der Waals surface area contributed by atoms with Crippen molar-refractivity contribution >= 4 is 6.03 Å². The van der Waals surface area contributed by atoms with Gasteiger partial charge in [-0.1, -0.05) is 30.3 Å². The van der Waals surface area contributed by atoms with E-state index in [0.717, 1.165) is 11.6 Å². The van der Waals surface area contributed by atoms with Gasteiger partial charge in [-0.2, -0.15) is 0 Å². The van der Waals surface area contributed by atoms with E-state index in [1.165, 1.54) is 17.0 Å². The highest BCUT2D eigenvalue weighted by Gasteiger charge is 2.13. The van der Waals surface area contributed by atoms with Gasteiger partial charge in [-0.15, -0.1) is 0 Å². The van der Waals surface area contributed by atoms with Crippen LogP contribution in [0.15, 0.2) is 48.5 Å². The molecule has 0 atom stereocenters. The molecule has 128 valence electrons. The van der Waals surface area contributed by atoms with Gasteiger partial charge >= 0.3 is 6.03 Å². The van der Waals surface area contributed by atoms with Crippen molar-refractivity contribution in [2.45, 2.75) is 13.0 Å². The van der Waals surface area contributed by atoms with E-state index in [-0.39, 0.29) is 25.7 Å². The fourth-order valence-electron chi connectivity index (χ4n) is 2.36. The number of nitrogens with zero attached hydrogens (tertiary/aromatic N) is 1. The zero-order valence-corrected chi connectivity index (χ0v) is 13.2. The van der Waals surface area contributed by atoms with E-state index in [2.05, 4.69) is 5.32 Å². The van der Waals surface area contributed by atoms with Crippen molar-refractivity contribution in [2.75, 3.05) is 19.7 Å². The SMILES string of the molecule is O=C(NCCc1cc(F)cc(F)c1)N(CCO)Cc1ccccc1. The first-order chi connectivity index (χ1) is 11.6. The molecule has 2 aromatic carbocycles. The molecule has 0 aliphatic heterocycles. The lowest BCUT2D eigenvalue weighted by Gasteiger charge is -2.22. The number of urea groups is 1. The molecular weight excluding hydrogens is 314 g/mol. The third-order valence-electron chi connectivity index (χ3n) is 3.49. The van der Waals surface area contributed by atoms with Crippen LogP contribution in [0.5, 0.6) is 0 Å². The Kier molecular flexibility index (Phi) is 6.69. The maximum atomic E-state index is 13.1. The van der Waals surface area contributed by atoms with Gasteiger partial charge in [0.15, 0.2) is 0 Å². The molecule has 24 heavy (non-hydrogen) atoms. The highest BCUT2D eigenvalue weighted by atomic mass is 19.1. The number of carbonyl (C=O) groups is 1. The van der Waals surface area contributed by atoms with Crippen LogP contribution in [0.4, 0.5) is 13.6 Å². The number of aliphatic hydroxyl groups is 1. The summed E-state index contributed by atoms with van der Waals surface area (Å²) in [5.41, 5.74) is 1.43. The van der Waals surface area contributed by atoms with E-state index in [1.807, 2.05) is 30.3 Å². The largest absolute Gasteiger partial charge is 0.395 e. The predicted octanol–water partition coefficient (Wildman–Crippen LogP) is 2.71. The normalized spacial score (nSPS) is 10.5. The standard InChI is InChI=1S/C18H20F2N2O2/c19-16-10-15(11-17(20)12-16)6-7-21-18(24)22(8-9-23)13-14-4-2-1-3-5-14/h1-5,10-12,23H,6-9,13H2,(H,21,24). The van der Waals surface area contributed by atoms with Crippen LogP contribution < -0.4 is 5.32 Å². The van der Waals surface area contributed by atoms with Crippen LogP contribution in [0, 0.1) is 11.6 Å². The Morgan fingerprint density at radius 3 is 2.33 bits per heavy atom. The first-order valence-electron chi connectivity index (χ1n) is 7.71. The highest BCUT2D eigenvalue weighted by molar-refractivity contribution is 5.74. The topological polar surface area (TPSA) is 52.6 Å². The van der Waals surface area contributed by atoms with Gasteiger partial charge in [0.1, 0.15) is 11.6 Å². The van der Waals surface area contributed by atoms with E-state index < -0.39 is 11.6 Å². The summed E-state index contributed by atoms with van der Waals surface area (Å²) in [4.78, 5) is 13.7. The van der Waals surface area contributed by atoms with Crippen molar-refractivity contribution in [3.63, 3.8) is 0 Å². The van der Waals surface area contributed by atoms with Crippen LogP contribution in [-0.4, -0.2) is 35.7 Å². The number of nitrogens with one attached hydrogen (secondary N) is 1. The van der Waals surface area contributed by atoms with Gasteiger partial charge in [0, 0.05) is 25.7 Å². The summed E-state index contributed by atoms with van der Waals surface area (Å²) in [6.45, 7) is 0.685. The Labute approximate surface area is 139 Å². The van der Waals surface area contributed by atoms with E-state index in [0.29, 0.717) is 18.5 Å². The molecule has 0 aliphatic rings. The Morgan fingerprint density at radius 2 is 1.71 bits per heavy atom. The van der Waals surface area contributed by atoms with Crippen molar-refractivity contribution < 1.29 is 18.7 Å². The lowest BCUT2D eigenvalue weighted by atomic mass is 10.1. The van der Waals surface area contributed by atoms with Crippen LogP contribution in [0.25, 0.3) is 0 Å². The molecule has 6 heteroatoms. The molecule has 2 amide bonds. The van der Waals surface area contributed by atoms with Crippen LogP contribution >= 0.6 is 0 Å². The summed E-state index contributed by atoms with van der Waals surface area (Å²) in [6, 6.07) is 12.4. The fraction of sp³-hybridized carbons (Fsp3) is 0.278. The minimum atomic E-state index is -0.637. The van der Waals surface area contributed by atoms with E-state index in [4.69, 9.17) is 5.11 Å². The molecule has 0 aromatic heterocycles. The zero-order chi connectivity index (χ0) is 17.4. The lowest BCUT2D eigenvalue weighted by molar-refractivity contribution is 0.174. The molecule has 0 unspecified atom stereocenters. The molecule has 4 nitrogen and oxygen atoms in total. The van der Waals surface area contributed by atoms with Crippen molar-refractivity contribution in [1.82, 2.24) is 10.2 Å². The molecule has 2 aromatic rings. The number of hydrogen-bond donors (Lipinski definition) is 2. The first kappa shape index (κ1) is 17.9. The Hall–Kier alpha value is -2.47. The van der Waals surface area contributed by atoms with E-state index in [9.17, 15) is 13.6 Å². The van der Waals surface area contributed by atoms with Crippen LogP contribution in [-0.2, 0) is 13.0 Å². The molecule has 0 saturated carbocycles. The Bertz CT molecular complexity index is 645. The minimum Gasteiger partial charge on any atom is -0.395 e. The molecule has 0 bridgehead atoms. The fourth-order valence-corrected chi connectivity index (χ4v) is 2.36. The molecule has 2 rings (SSSR count). The summed E-state index contributed by atoms with van der Waals surface area (Å²) in [7, 11) is 0. The number of carbonyl (C=O) groups excluding carboxylic acids is 1. The Balaban J connectivity index is 1.88. The highest BCUT2D eigenvalue weighted by Crippen LogP contribution is 2.08. The van der Waals surface area contributed by atoms with Gasteiger partial charge in [0.2, 0.25) is 0 Å². The maximum absolute atomic E-state index is 13.1. The first-order valence-corrected chi connectivity index (χ1v) is 7.71. The number of amides is 2. The number of hydrogen-bond acceptors (Lipinski definition) is 2. The Morgan fingerprint density at radius 1 is 1.04 bits per heavy atom. The molecule has 2 N–H and O–H groups in total. The van der Waals surface area contributed by atoms with Gasteiger partial charge in [0.05, 0.1) is 6.61 Å². The minimum absolute atomic E-state index is 0.143. The second-order valence-electron chi connectivity index (χ2n) is 5.39. The summed E-state index contributed by atoms with van der Waals surface area (Å²) in [5.74, 6) is -1.27. The number of aliphatic hydroxyl groups excluding tert-OH is 1. The van der Waals surface area contributed by atoms with Crippen molar-refractivity contribution in [3.8, 4) is 0 Å². The summed E-state index contributed by atoms with van der Waals surface area (Å²) < 4.78 is 26.2. The van der Waals surface area contributed by atoms with Gasteiger partial charge in [-0.3, -0.25) is 0 Å². The number of rotatable bonds is 7. The summed E-state index contributed by atoms with van der Waals surface area (Å²) in [5, 5.41) is 11.8. The summed E-state index contributed by atoms with van der Waals surface area (Å²) >= 11 is 0. The number of benzene rings is 2. The predicted molar refractivity (Wildman–Crippen MR) is 87.4 cm³/mol. The van der Waals surface area contributed by atoms with E-state index in [1.54, 1.807) is 0 Å². The molecule has 0 heterocycles. The second kappa shape index (κ2) is 8.98. The zero-order valence-electron chi connectivity index (χ0n) is 13.2. The molecule has 0 spiro atoms. The van der Waals surface area contributed by atoms with Crippen molar-refractivity contribution in [2.24, 2.45) is 0 Å². The van der Waals surface area contributed by atoms with Crippen molar-refractivity contribution in [3.05, 3.63) is 71.3 Å². The molecule has 0 saturated heterocycles. The summed E-state index contributed by atoms with van der Waals surface area (Å²) in [6.07, 6.45) is 0.318. The molecular formula is C18H20F2N2O2. The third-order valence-corrected chi connectivity index (χ3v) is 3.49. The quantitative estimate of drug-likeness (QED) is 0.818. The van der Waals surface area contributed by atoms with E-state index >= 15 is 0 Å². The van der Waals surface area contributed by atoms with Gasteiger partial charge in [-0.25, -0.2) is 13.6 Å².